The molecule has 0 saturated heterocycles. The van der Waals surface area contributed by atoms with Crippen LogP contribution in [0.1, 0.15) is 48.6 Å². The van der Waals surface area contributed by atoms with Gasteiger partial charge in [-0.2, -0.15) is 0 Å². The van der Waals surface area contributed by atoms with Crippen molar-refractivity contribution in [3.05, 3.63) is 116 Å². The Hall–Kier alpha value is -2.35. The van der Waals surface area contributed by atoms with Gasteiger partial charge in [0, 0.05) is 9.50 Å². The summed E-state index contributed by atoms with van der Waals surface area (Å²) in [5.41, 5.74) is 11.6. The minimum Gasteiger partial charge on any atom is -0.0843 e. The van der Waals surface area contributed by atoms with Crippen LogP contribution in [0.15, 0.2) is 83.3 Å². The van der Waals surface area contributed by atoms with Gasteiger partial charge in [-0.3, -0.25) is 0 Å². The summed E-state index contributed by atoms with van der Waals surface area (Å²) in [5.74, 6) is 0. The molecule has 0 aromatic heterocycles. The number of fused-ring (bicyclic) bond motifs is 10. The van der Waals surface area contributed by atoms with E-state index in [0.717, 1.165) is 9.50 Å². The van der Waals surface area contributed by atoms with Crippen molar-refractivity contribution in [2.45, 2.75) is 31.6 Å². The number of halogens is 2. The Labute approximate surface area is 197 Å². The van der Waals surface area contributed by atoms with Gasteiger partial charge in [0.2, 0.25) is 0 Å². The van der Waals surface area contributed by atoms with E-state index in [1.54, 1.807) is 0 Å². The standard InChI is InChI=1S/C29H22BrCl/c1-28(2,3)17-8-11-21-23-13-10-19(31)16-27(23)29(25(21)14-17)24-7-5-4-6-20(24)22-12-9-18(30)15-26(22)29/h4-16H,1-3H3. The molecule has 6 rings (SSSR count). The number of hydrogen-bond donors (Lipinski definition) is 0. The molecular weight excluding hydrogens is 464 g/mol. The lowest BCUT2D eigenvalue weighted by Crippen LogP contribution is -2.26. The zero-order chi connectivity index (χ0) is 21.5. The highest BCUT2D eigenvalue weighted by Crippen LogP contribution is 2.63. The van der Waals surface area contributed by atoms with Crippen molar-refractivity contribution in [3.8, 4) is 22.3 Å². The van der Waals surface area contributed by atoms with Crippen LogP contribution in [0.25, 0.3) is 22.3 Å². The largest absolute Gasteiger partial charge is 0.0843 e. The maximum atomic E-state index is 6.61. The highest BCUT2D eigenvalue weighted by atomic mass is 79.9. The normalized spacial score (nSPS) is 18.0. The second-order valence-corrected chi connectivity index (χ2v) is 11.0. The van der Waals surface area contributed by atoms with Gasteiger partial charge in [-0.25, -0.2) is 0 Å². The molecule has 0 bridgehead atoms. The molecule has 0 amide bonds. The van der Waals surface area contributed by atoms with Crippen LogP contribution in [0.5, 0.6) is 0 Å². The fourth-order valence-electron chi connectivity index (χ4n) is 5.59. The van der Waals surface area contributed by atoms with E-state index in [1.807, 2.05) is 6.07 Å². The molecule has 152 valence electrons. The summed E-state index contributed by atoms with van der Waals surface area (Å²) in [6, 6.07) is 29.0. The third-order valence-corrected chi connectivity index (χ3v) is 7.70. The Morgan fingerprint density at radius 2 is 1.23 bits per heavy atom. The van der Waals surface area contributed by atoms with Gasteiger partial charge in [0.05, 0.1) is 5.41 Å². The van der Waals surface area contributed by atoms with Crippen LogP contribution in [-0.4, -0.2) is 0 Å². The molecule has 0 saturated carbocycles. The molecule has 0 nitrogen and oxygen atoms in total. The summed E-state index contributed by atoms with van der Waals surface area (Å²) in [7, 11) is 0. The van der Waals surface area contributed by atoms with Crippen molar-refractivity contribution in [2.75, 3.05) is 0 Å². The van der Waals surface area contributed by atoms with E-state index in [2.05, 4.69) is 109 Å². The van der Waals surface area contributed by atoms with Crippen molar-refractivity contribution in [3.63, 3.8) is 0 Å². The van der Waals surface area contributed by atoms with Crippen LogP contribution in [-0.2, 0) is 10.8 Å². The average Bonchev–Trinajstić information content (AvgIpc) is 3.19. The first-order chi connectivity index (χ1) is 14.8. The van der Waals surface area contributed by atoms with Crippen LogP contribution in [0.4, 0.5) is 0 Å². The fraction of sp³-hybridized carbons (Fsp3) is 0.172. The lowest BCUT2D eigenvalue weighted by molar-refractivity contribution is 0.588. The van der Waals surface area contributed by atoms with Crippen LogP contribution < -0.4 is 0 Å². The average molecular weight is 486 g/mol. The fourth-order valence-corrected chi connectivity index (χ4v) is 6.13. The van der Waals surface area contributed by atoms with Gasteiger partial charge in [0.15, 0.2) is 0 Å². The van der Waals surface area contributed by atoms with Gasteiger partial charge in [-0.15, -0.1) is 0 Å². The van der Waals surface area contributed by atoms with Crippen molar-refractivity contribution in [2.24, 2.45) is 0 Å². The van der Waals surface area contributed by atoms with Gasteiger partial charge in [0.25, 0.3) is 0 Å². The summed E-state index contributed by atoms with van der Waals surface area (Å²) >= 11 is 10.4. The zero-order valence-corrected chi connectivity index (χ0v) is 20.1. The van der Waals surface area contributed by atoms with Gasteiger partial charge in [-0.1, -0.05) is 103 Å². The molecular formula is C29H22BrCl. The Morgan fingerprint density at radius 1 is 0.645 bits per heavy atom. The van der Waals surface area contributed by atoms with Crippen LogP contribution in [0.2, 0.25) is 5.02 Å². The van der Waals surface area contributed by atoms with E-state index in [-0.39, 0.29) is 10.8 Å². The maximum Gasteiger partial charge on any atom is 0.0726 e. The van der Waals surface area contributed by atoms with Crippen molar-refractivity contribution >= 4 is 27.5 Å². The molecule has 4 aromatic carbocycles. The van der Waals surface area contributed by atoms with E-state index >= 15 is 0 Å². The predicted octanol–water partition coefficient (Wildman–Crippen LogP) is 8.74. The van der Waals surface area contributed by atoms with Crippen molar-refractivity contribution in [1.82, 2.24) is 0 Å². The summed E-state index contributed by atoms with van der Waals surface area (Å²) < 4.78 is 1.10. The molecule has 1 atom stereocenters. The molecule has 2 aliphatic rings. The van der Waals surface area contributed by atoms with Crippen LogP contribution in [0, 0.1) is 0 Å². The van der Waals surface area contributed by atoms with Gasteiger partial charge in [-0.05, 0) is 79.8 Å². The molecule has 0 heterocycles. The number of hydrogen-bond acceptors (Lipinski definition) is 0. The number of rotatable bonds is 0. The molecule has 31 heavy (non-hydrogen) atoms. The first-order valence-corrected chi connectivity index (χ1v) is 11.8. The predicted molar refractivity (Wildman–Crippen MR) is 134 cm³/mol. The van der Waals surface area contributed by atoms with Gasteiger partial charge >= 0.3 is 0 Å². The molecule has 1 spiro atoms. The summed E-state index contributed by atoms with van der Waals surface area (Å²) in [6.07, 6.45) is 0. The Morgan fingerprint density at radius 3 is 1.97 bits per heavy atom. The lowest BCUT2D eigenvalue weighted by atomic mass is 9.69. The third kappa shape index (κ3) is 2.48. The zero-order valence-electron chi connectivity index (χ0n) is 17.8. The molecule has 0 aliphatic heterocycles. The van der Waals surface area contributed by atoms with Crippen molar-refractivity contribution in [1.29, 1.82) is 0 Å². The molecule has 0 N–H and O–H groups in total. The first kappa shape index (κ1) is 19.3. The minimum atomic E-state index is -0.355. The Bertz CT molecular complexity index is 1380. The van der Waals surface area contributed by atoms with Gasteiger partial charge in [0.1, 0.15) is 0 Å². The SMILES string of the molecule is CC(C)(C)c1ccc2c(c1)C1(c3ccccc3-c3ccc(Br)cc31)c1cc(Cl)ccc1-2. The molecule has 1 unspecified atom stereocenters. The monoisotopic (exact) mass is 484 g/mol. The van der Waals surface area contributed by atoms with Crippen LogP contribution in [0.3, 0.4) is 0 Å². The number of benzene rings is 4. The maximum absolute atomic E-state index is 6.61. The Kier molecular flexibility index (Phi) is 3.96. The van der Waals surface area contributed by atoms with E-state index < -0.39 is 0 Å². The molecule has 2 heteroatoms. The Balaban J connectivity index is 1.84. The second kappa shape index (κ2) is 6.34. The summed E-state index contributed by atoms with van der Waals surface area (Å²) in [4.78, 5) is 0. The molecule has 4 aromatic rings. The first-order valence-electron chi connectivity index (χ1n) is 10.7. The second-order valence-electron chi connectivity index (χ2n) is 9.69. The van der Waals surface area contributed by atoms with E-state index in [1.165, 1.54) is 50.1 Å². The molecule has 0 fully saturated rings. The van der Waals surface area contributed by atoms with E-state index in [9.17, 15) is 0 Å². The topological polar surface area (TPSA) is 0 Å². The quantitative estimate of drug-likeness (QED) is 0.202. The minimum absolute atomic E-state index is 0.0703. The lowest BCUT2D eigenvalue weighted by Gasteiger charge is -2.32. The third-order valence-electron chi connectivity index (χ3n) is 6.97. The van der Waals surface area contributed by atoms with Gasteiger partial charge < -0.3 is 0 Å². The van der Waals surface area contributed by atoms with Crippen molar-refractivity contribution < 1.29 is 0 Å². The van der Waals surface area contributed by atoms with Crippen LogP contribution >= 0.6 is 27.5 Å². The highest BCUT2D eigenvalue weighted by molar-refractivity contribution is 9.10. The molecule has 0 radical (unpaired) electrons. The smallest absolute Gasteiger partial charge is 0.0726 e. The highest BCUT2D eigenvalue weighted by Gasteiger charge is 2.52. The van der Waals surface area contributed by atoms with E-state index in [0.29, 0.717) is 0 Å². The molecule has 2 aliphatic carbocycles. The summed E-state index contributed by atoms with van der Waals surface area (Å²) in [5, 5.41) is 0.780. The van der Waals surface area contributed by atoms with E-state index in [4.69, 9.17) is 11.6 Å². The summed E-state index contributed by atoms with van der Waals surface area (Å²) in [6.45, 7) is 6.86.